The van der Waals surface area contributed by atoms with E-state index in [9.17, 15) is 15.2 Å². The second-order valence-corrected chi connectivity index (χ2v) is 5.21. The highest BCUT2D eigenvalue weighted by molar-refractivity contribution is 5.87. The van der Waals surface area contributed by atoms with Gasteiger partial charge in [0.2, 0.25) is 5.88 Å². The predicted octanol–water partition coefficient (Wildman–Crippen LogP) is 3.07. The van der Waals surface area contributed by atoms with Crippen LogP contribution in [0.25, 0.3) is 0 Å². The zero-order valence-corrected chi connectivity index (χ0v) is 12.7. The second kappa shape index (κ2) is 6.27. The maximum absolute atomic E-state index is 12.2. The van der Waals surface area contributed by atoms with E-state index in [0.29, 0.717) is 11.1 Å². The van der Waals surface area contributed by atoms with Gasteiger partial charge in [-0.3, -0.25) is 14.4 Å². The first-order valence-corrected chi connectivity index (χ1v) is 6.94. The van der Waals surface area contributed by atoms with Crippen LogP contribution >= 0.6 is 0 Å². The quantitative estimate of drug-likeness (QED) is 0.884. The highest BCUT2D eigenvalue weighted by Crippen LogP contribution is 2.23. The Morgan fingerprint density at radius 3 is 2.50 bits per heavy atom. The lowest BCUT2D eigenvalue weighted by molar-refractivity contribution is 0.386. The Balaban J connectivity index is 2.66. The van der Waals surface area contributed by atoms with E-state index in [-0.39, 0.29) is 17.5 Å². The molecule has 0 bridgehead atoms. The number of aromatic nitrogens is 1. The summed E-state index contributed by atoms with van der Waals surface area (Å²) < 4.78 is 1.21. The Labute approximate surface area is 128 Å². The van der Waals surface area contributed by atoms with E-state index in [2.05, 4.69) is 4.99 Å². The van der Waals surface area contributed by atoms with Gasteiger partial charge in [-0.05, 0) is 38.5 Å². The van der Waals surface area contributed by atoms with Crippen molar-refractivity contribution in [2.24, 2.45) is 4.99 Å². The third kappa shape index (κ3) is 2.77. The minimum Gasteiger partial charge on any atom is -0.494 e. The molecule has 1 aromatic carbocycles. The van der Waals surface area contributed by atoms with E-state index in [1.54, 1.807) is 20.8 Å². The third-order valence-corrected chi connectivity index (χ3v) is 3.41. The molecule has 0 amide bonds. The fourth-order valence-corrected chi connectivity index (χ4v) is 2.23. The normalized spacial score (nSPS) is 11.0. The largest absolute Gasteiger partial charge is 0.494 e. The number of nitrogens with zero attached hydrogens (tertiary/aromatic N) is 3. The van der Waals surface area contributed by atoms with Gasteiger partial charge in [0.15, 0.2) is 0 Å². The second-order valence-electron chi connectivity index (χ2n) is 5.21. The number of aromatic hydroxyl groups is 1. The van der Waals surface area contributed by atoms with Gasteiger partial charge in [-0.25, -0.2) is 0 Å². The first kappa shape index (κ1) is 15.5. The van der Waals surface area contributed by atoms with Gasteiger partial charge in [0.05, 0.1) is 11.3 Å². The van der Waals surface area contributed by atoms with Crippen molar-refractivity contribution in [3.8, 4) is 11.9 Å². The van der Waals surface area contributed by atoms with Crippen molar-refractivity contribution in [1.29, 1.82) is 5.26 Å². The van der Waals surface area contributed by atoms with Gasteiger partial charge in [-0.15, -0.1) is 0 Å². The molecule has 0 spiro atoms. The summed E-state index contributed by atoms with van der Waals surface area (Å²) in [7, 11) is 0. The van der Waals surface area contributed by atoms with Crippen molar-refractivity contribution >= 4 is 11.9 Å². The molecule has 0 fully saturated rings. The molecule has 5 nitrogen and oxygen atoms in total. The number of nitriles is 1. The molecule has 5 heteroatoms. The standard InChI is InChI=1S/C17H17N3O2/c1-11(2)20-16(21)14(9-18)12(3)15(17(20)22)10-19-13-7-5-4-6-8-13/h4-8,10-11,22H,1-3H3. The minimum absolute atomic E-state index is 0.0287. The van der Waals surface area contributed by atoms with Crippen molar-refractivity contribution in [3.63, 3.8) is 0 Å². The highest BCUT2D eigenvalue weighted by atomic mass is 16.3. The van der Waals surface area contributed by atoms with Crippen LogP contribution < -0.4 is 5.56 Å². The predicted molar refractivity (Wildman–Crippen MR) is 85.9 cm³/mol. The average Bonchev–Trinajstić information content (AvgIpc) is 2.48. The van der Waals surface area contributed by atoms with Gasteiger partial charge in [-0.1, -0.05) is 18.2 Å². The van der Waals surface area contributed by atoms with Crippen LogP contribution in [0.2, 0.25) is 0 Å². The first-order valence-electron chi connectivity index (χ1n) is 6.94. The summed E-state index contributed by atoms with van der Waals surface area (Å²) in [6.45, 7) is 5.18. The Bertz CT molecular complexity index is 813. The van der Waals surface area contributed by atoms with Gasteiger partial charge in [0.1, 0.15) is 11.6 Å². The summed E-state index contributed by atoms with van der Waals surface area (Å²) in [6.07, 6.45) is 1.49. The maximum atomic E-state index is 12.2. The third-order valence-electron chi connectivity index (χ3n) is 3.41. The molecule has 0 saturated heterocycles. The molecule has 1 N–H and O–H groups in total. The number of para-hydroxylation sites is 1. The Hall–Kier alpha value is -2.87. The van der Waals surface area contributed by atoms with Crippen LogP contribution in [0, 0.1) is 18.3 Å². The van der Waals surface area contributed by atoms with Gasteiger partial charge in [0.25, 0.3) is 5.56 Å². The van der Waals surface area contributed by atoms with Crippen molar-refractivity contribution < 1.29 is 5.11 Å². The molecule has 2 aromatic rings. The fourth-order valence-electron chi connectivity index (χ4n) is 2.23. The van der Waals surface area contributed by atoms with Crippen LogP contribution in [0.1, 0.15) is 36.6 Å². The van der Waals surface area contributed by atoms with E-state index in [0.717, 1.165) is 5.69 Å². The van der Waals surface area contributed by atoms with Gasteiger partial charge in [0, 0.05) is 12.3 Å². The van der Waals surface area contributed by atoms with Gasteiger partial charge >= 0.3 is 0 Å². The van der Waals surface area contributed by atoms with E-state index < -0.39 is 5.56 Å². The monoisotopic (exact) mass is 295 g/mol. The lowest BCUT2D eigenvalue weighted by Gasteiger charge is -2.16. The molecule has 0 atom stereocenters. The summed E-state index contributed by atoms with van der Waals surface area (Å²) in [5, 5.41) is 19.6. The lowest BCUT2D eigenvalue weighted by atomic mass is 10.1. The number of rotatable bonds is 3. The van der Waals surface area contributed by atoms with Crippen molar-refractivity contribution in [1.82, 2.24) is 4.57 Å². The average molecular weight is 295 g/mol. The van der Waals surface area contributed by atoms with E-state index in [1.165, 1.54) is 10.8 Å². The fraction of sp³-hybridized carbons (Fsp3) is 0.235. The van der Waals surface area contributed by atoms with Crippen molar-refractivity contribution in [3.05, 3.63) is 57.4 Å². The molecular formula is C17H17N3O2. The smallest absolute Gasteiger partial charge is 0.271 e. The van der Waals surface area contributed by atoms with Crippen LogP contribution in [0.5, 0.6) is 5.88 Å². The van der Waals surface area contributed by atoms with E-state index in [4.69, 9.17) is 0 Å². The summed E-state index contributed by atoms with van der Waals surface area (Å²) >= 11 is 0. The number of hydrogen-bond donors (Lipinski definition) is 1. The molecular weight excluding hydrogens is 278 g/mol. The Morgan fingerprint density at radius 1 is 1.32 bits per heavy atom. The molecule has 0 radical (unpaired) electrons. The molecule has 0 aliphatic carbocycles. The van der Waals surface area contributed by atoms with Crippen LogP contribution in [0.15, 0.2) is 40.1 Å². The minimum atomic E-state index is -0.482. The SMILES string of the molecule is Cc1c(C=Nc2ccccc2)c(O)n(C(C)C)c(=O)c1C#N. The molecule has 0 unspecified atom stereocenters. The summed E-state index contributed by atoms with van der Waals surface area (Å²) in [5.41, 5.74) is 1.09. The van der Waals surface area contributed by atoms with Crippen LogP contribution in [0.3, 0.4) is 0 Å². The zero-order valence-electron chi connectivity index (χ0n) is 12.7. The molecule has 112 valence electrons. The number of hydrogen-bond acceptors (Lipinski definition) is 4. The van der Waals surface area contributed by atoms with E-state index in [1.807, 2.05) is 36.4 Å². The lowest BCUT2D eigenvalue weighted by Crippen LogP contribution is -2.26. The summed E-state index contributed by atoms with van der Waals surface area (Å²) in [5.74, 6) is -0.170. The van der Waals surface area contributed by atoms with Gasteiger partial charge in [-0.2, -0.15) is 5.26 Å². The van der Waals surface area contributed by atoms with Crippen LogP contribution in [-0.4, -0.2) is 15.9 Å². The van der Waals surface area contributed by atoms with Crippen molar-refractivity contribution in [2.75, 3.05) is 0 Å². The number of aliphatic imine (C=N–C) groups is 1. The number of benzene rings is 1. The number of pyridine rings is 1. The maximum Gasteiger partial charge on any atom is 0.271 e. The Kier molecular flexibility index (Phi) is 4.42. The highest BCUT2D eigenvalue weighted by Gasteiger charge is 2.19. The molecule has 0 saturated carbocycles. The molecule has 1 heterocycles. The van der Waals surface area contributed by atoms with Crippen molar-refractivity contribution in [2.45, 2.75) is 26.8 Å². The molecule has 22 heavy (non-hydrogen) atoms. The zero-order chi connectivity index (χ0) is 16.3. The van der Waals surface area contributed by atoms with Gasteiger partial charge < -0.3 is 5.11 Å². The van der Waals surface area contributed by atoms with E-state index >= 15 is 0 Å². The van der Waals surface area contributed by atoms with Crippen LogP contribution in [-0.2, 0) is 0 Å². The first-order chi connectivity index (χ1) is 10.5. The Morgan fingerprint density at radius 2 is 1.95 bits per heavy atom. The molecule has 0 aliphatic rings. The summed E-state index contributed by atoms with van der Waals surface area (Å²) in [6, 6.07) is 10.9. The van der Waals surface area contributed by atoms with Crippen LogP contribution in [0.4, 0.5) is 5.69 Å². The molecule has 2 rings (SSSR count). The topological polar surface area (TPSA) is 78.4 Å². The summed E-state index contributed by atoms with van der Waals surface area (Å²) in [4.78, 5) is 16.5. The molecule has 1 aromatic heterocycles. The molecule has 0 aliphatic heterocycles.